The summed E-state index contributed by atoms with van der Waals surface area (Å²) < 4.78 is 0. The second kappa shape index (κ2) is 8.66. The molecule has 0 atom stereocenters. The highest BCUT2D eigenvalue weighted by molar-refractivity contribution is 6.31. The molecule has 0 bridgehead atoms. The second-order valence-corrected chi connectivity index (χ2v) is 7.65. The van der Waals surface area contributed by atoms with Crippen molar-refractivity contribution < 1.29 is 0 Å². The zero-order chi connectivity index (χ0) is 20.2. The summed E-state index contributed by atoms with van der Waals surface area (Å²) in [6.07, 6.45) is 3.32. The van der Waals surface area contributed by atoms with Crippen molar-refractivity contribution in [1.29, 1.82) is 0 Å². The van der Waals surface area contributed by atoms with E-state index in [0.717, 1.165) is 49.3 Å². The Hall–Kier alpha value is -2.86. The third kappa shape index (κ3) is 4.77. The molecule has 0 amide bonds. The van der Waals surface area contributed by atoms with Crippen LogP contribution in [0.3, 0.4) is 0 Å². The zero-order valence-electron chi connectivity index (χ0n) is 16.7. The smallest absolute Gasteiger partial charge is 0.233 e. The Morgan fingerprint density at radius 1 is 0.897 bits per heavy atom. The molecular weight excluding hydrogens is 384 g/mol. The first-order chi connectivity index (χ1) is 14.1. The first kappa shape index (κ1) is 19.5. The summed E-state index contributed by atoms with van der Waals surface area (Å²) in [5, 5.41) is 7.28. The number of aromatic nitrogens is 3. The van der Waals surface area contributed by atoms with Crippen LogP contribution in [0.15, 0.2) is 42.5 Å². The molecule has 0 aliphatic carbocycles. The molecule has 0 radical (unpaired) electrons. The fraction of sp³-hybridized carbons (Fsp3) is 0.318. The predicted molar refractivity (Wildman–Crippen MR) is 120 cm³/mol. The number of aryl methyl sites for hydroxylation is 2. The number of hydrogen-bond acceptors (Lipinski definition) is 6. The molecule has 1 aromatic heterocycles. The van der Waals surface area contributed by atoms with Gasteiger partial charge in [0.25, 0.3) is 0 Å². The fourth-order valence-corrected chi connectivity index (χ4v) is 3.47. The Bertz CT molecular complexity index is 983. The quantitative estimate of drug-likeness (QED) is 0.562. The van der Waals surface area contributed by atoms with Gasteiger partial charge in [0.1, 0.15) is 0 Å². The molecule has 150 valence electrons. The number of benzene rings is 2. The third-order valence-corrected chi connectivity index (χ3v) is 5.47. The van der Waals surface area contributed by atoms with E-state index in [-0.39, 0.29) is 0 Å². The van der Waals surface area contributed by atoms with E-state index in [1.807, 2.05) is 37.3 Å². The lowest BCUT2D eigenvalue weighted by molar-refractivity contribution is 0.886. The first-order valence-corrected chi connectivity index (χ1v) is 10.4. The van der Waals surface area contributed by atoms with Gasteiger partial charge in [0.05, 0.1) is 0 Å². The number of nitrogens with one attached hydrogen (secondary N) is 2. The lowest BCUT2D eigenvalue weighted by atomic mass is 10.1. The van der Waals surface area contributed by atoms with Crippen molar-refractivity contribution in [1.82, 2.24) is 15.0 Å². The molecule has 0 unspecified atom stereocenters. The number of hydrogen-bond donors (Lipinski definition) is 2. The Labute approximate surface area is 176 Å². The van der Waals surface area contributed by atoms with Crippen molar-refractivity contribution in [2.75, 3.05) is 28.6 Å². The molecule has 7 heteroatoms. The standard InChI is InChI=1S/C22H25ClN6/c1-3-16-7-10-17(11-8-16)24-20-26-21(25-18-9-6-15(2)19(23)14-18)28-22(27-20)29-12-4-5-13-29/h6-11,14H,3-5,12-13H2,1-2H3,(H2,24,25,26,27,28). The summed E-state index contributed by atoms with van der Waals surface area (Å²) in [5.41, 5.74) is 4.12. The minimum Gasteiger partial charge on any atom is -0.341 e. The Balaban J connectivity index is 1.63. The van der Waals surface area contributed by atoms with Crippen LogP contribution in [0.2, 0.25) is 5.02 Å². The molecule has 6 nitrogen and oxygen atoms in total. The minimum atomic E-state index is 0.495. The predicted octanol–water partition coefficient (Wildman–Crippen LogP) is 5.48. The number of halogens is 1. The van der Waals surface area contributed by atoms with Crippen LogP contribution >= 0.6 is 11.6 Å². The van der Waals surface area contributed by atoms with Crippen molar-refractivity contribution >= 4 is 40.8 Å². The van der Waals surface area contributed by atoms with Crippen molar-refractivity contribution in [3.8, 4) is 0 Å². The number of rotatable bonds is 6. The summed E-state index contributed by atoms with van der Waals surface area (Å²) in [4.78, 5) is 16.1. The molecule has 2 N–H and O–H groups in total. The summed E-state index contributed by atoms with van der Waals surface area (Å²) in [6, 6.07) is 14.1. The van der Waals surface area contributed by atoms with Crippen LogP contribution in [0.1, 0.15) is 30.9 Å². The van der Waals surface area contributed by atoms with Crippen LogP contribution < -0.4 is 15.5 Å². The Morgan fingerprint density at radius 2 is 1.52 bits per heavy atom. The Kier molecular flexibility index (Phi) is 5.81. The number of nitrogens with zero attached hydrogens (tertiary/aromatic N) is 4. The van der Waals surface area contributed by atoms with Gasteiger partial charge in [0, 0.05) is 29.5 Å². The summed E-state index contributed by atoms with van der Waals surface area (Å²) in [5.74, 6) is 1.70. The normalized spacial score (nSPS) is 13.6. The topological polar surface area (TPSA) is 66.0 Å². The zero-order valence-corrected chi connectivity index (χ0v) is 17.5. The molecule has 29 heavy (non-hydrogen) atoms. The van der Waals surface area contributed by atoms with Gasteiger partial charge in [-0.15, -0.1) is 0 Å². The highest BCUT2D eigenvalue weighted by Gasteiger charge is 2.18. The minimum absolute atomic E-state index is 0.495. The average molecular weight is 409 g/mol. The average Bonchev–Trinajstić information content (AvgIpc) is 3.26. The van der Waals surface area contributed by atoms with Crippen LogP contribution in [0.5, 0.6) is 0 Å². The van der Waals surface area contributed by atoms with E-state index in [9.17, 15) is 0 Å². The van der Waals surface area contributed by atoms with Gasteiger partial charge in [0.2, 0.25) is 17.8 Å². The summed E-state index contributed by atoms with van der Waals surface area (Å²) in [7, 11) is 0. The maximum Gasteiger partial charge on any atom is 0.233 e. The second-order valence-electron chi connectivity index (χ2n) is 7.24. The molecule has 3 aromatic rings. The van der Waals surface area contributed by atoms with Gasteiger partial charge in [-0.1, -0.05) is 36.7 Å². The van der Waals surface area contributed by atoms with Crippen molar-refractivity contribution in [2.45, 2.75) is 33.1 Å². The van der Waals surface area contributed by atoms with Crippen LogP contribution in [0, 0.1) is 6.92 Å². The van der Waals surface area contributed by atoms with Gasteiger partial charge >= 0.3 is 0 Å². The SMILES string of the molecule is CCc1ccc(Nc2nc(Nc3ccc(C)c(Cl)c3)nc(N3CCCC3)n2)cc1. The van der Waals surface area contributed by atoms with Crippen LogP contribution in [-0.2, 0) is 6.42 Å². The van der Waals surface area contributed by atoms with E-state index in [4.69, 9.17) is 11.6 Å². The molecule has 1 aliphatic rings. The monoisotopic (exact) mass is 408 g/mol. The fourth-order valence-electron chi connectivity index (χ4n) is 3.29. The maximum atomic E-state index is 6.26. The van der Waals surface area contributed by atoms with E-state index in [0.29, 0.717) is 22.9 Å². The molecule has 2 aromatic carbocycles. The van der Waals surface area contributed by atoms with Gasteiger partial charge in [-0.2, -0.15) is 15.0 Å². The molecule has 1 saturated heterocycles. The van der Waals surface area contributed by atoms with E-state index in [2.05, 4.69) is 49.5 Å². The van der Waals surface area contributed by atoms with Gasteiger partial charge < -0.3 is 15.5 Å². The van der Waals surface area contributed by atoms with Crippen molar-refractivity contribution in [2.24, 2.45) is 0 Å². The van der Waals surface area contributed by atoms with E-state index in [1.165, 1.54) is 5.56 Å². The maximum absolute atomic E-state index is 6.26. The molecule has 1 fully saturated rings. The summed E-state index contributed by atoms with van der Waals surface area (Å²) in [6.45, 7) is 6.05. The number of anilines is 5. The molecule has 1 aliphatic heterocycles. The highest BCUT2D eigenvalue weighted by Crippen LogP contribution is 2.25. The lowest BCUT2D eigenvalue weighted by Crippen LogP contribution is -2.21. The molecule has 0 saturated carbocycles. The molecule has 4 rings (SSSR count). The van der Waals surface area contributed by atoms with Gasteiger partial charge in [-0.3, -0.25) is 0 Å². The van der Waals surface area contributed by atoms with Gasteiger partial charge in [-0.05, 0) is 61.6 Å². The largest absolute Gasteiger partial charge is 0.341 e. The van der Waals surface area contributed by atoms with E-state index >= 15 is 0 Å². The van der Waals surface area contributed by atoms with Crippen LogP contribution in [0.25, 0.3) is 0 Å². The molecule has 0 spiro atoms. The van der Waals surface area contributed by atoms with Crippen LogP contribution in [-0.4, -0.2) is 28.0 Å². The highest BCUT2D eigenvalue weighted by atomic mass is 35.5. The van der Waals surface area contributed by atoms with Crippen molar-refractivity contribution in [3.63, 3.8) is 0 Å². The lowest BCUT2D eigenvalue weighted by Gasteiger charge is -2.17. The van der Waals surface area contributed by atoms with Gasteiger partial charge in [-0.25, -0.2) is 0 Å². The molecular formula is C22H25ClN6. The van der Waals surface area contributed by atoms with Crippen molar-refractivity contribution in [3.05, 3.63) is 58.6 Å². The van der Waals surface area contributed by atoms with E-state index in [1.54, 1.807) is 0 Å². The first-order valence-electron chi connectivity index (χ1n) is 10.0. The third-order valence-electron chi connectivity index (χ3n) is 5.06. The van der Waals surface area contributed by atoms with Gasteiger partial charge in [0.15, 0.2) is 0 Å². The van der Waals surface area contributed by atoms with Crippen LogP contribution in [0.4, 0.5) is 29.2 Å². The Morgan fingerprint density at radius 3 is 2.14 bits per heavy atom. The van der Waals surface area contributed by atoms with E-state index < -0.39 is 0 Å². The molecule has 2 heterocycles. The summed E-state index contributed by atoms with van der Waals surface area (Å²) >= 11 is 6.26.